The van der Waals surface area contributed by atoms with Crippen LogP contribution in [0, 0.1) is 0 Å². The summed E-state index contributed by atoms with van der Waals surface area (Å²) in [6.45, 7) is 0. The van der Waals surface area contributed by atoms with Crippen LogP contribution in [0.1, 0.15) is 0 Å². The highest BCUT2D eigenvalue weighted by molar-refractivity contribution is 9.10. The average molecular weight is 762 g/mol. The summed E-state index contributed by atoms with van der Waals surface area (Å²) in [5.74, 6) is 0. The molecule has 0 amide bonds. The van der Waals surface area contributed by atoms with Crippen molar-refractivity contribution < 1.29 is 10.0 Å². The van der Waals surface area contributed by atoms with Crippen molar-refractivity contribution in [3.8, 4) is 33.6 Å². The molecule has 0 fully saturated rings. The fraction of sp³-hybridized carbons (Fsp3) is 0. The molecule has 0 spiro atoms. The number of nitrogens with zero attached hydrogens (tertiary/aromatic N) is 2. The third-order valence-electron chi connectivity index (χ3n) is 10.1. The largest absolute Gasteiger partial charge is 0.488 e. The summed E-state index contributed by atoms with van der Waals surface area (Å²) in [5, 5.41) is 23.8. The van der Waals surface area contributed by atoms with Crippen LogP contribution in [0.5, 0.6) is 0 Å². The Kier molecular flexibility index (Phi) is 8.93. The molecule has 0 aliphatic carbocycles. The van der Waals surface area contributed by atoms with E-state index in [9.17, 15) is 10.0 Å². The average Bonchev–Trinajstić information content (AvgIpc) is 3.74. The minimum atomic E-state index is -1.48. The molecule has 10 aromatic rings. The maximum Gasteiger partial charge on any atom is 0.488 e. The molecule has 54 heavy (non-hydrogen) atoms. The van der Waals surface area contributed by atoms with E-state index in [2.05, 4.69) is 171 Å². The van der Waals surface area contributed by atoms with E-state index in [4.69, 9.17) is 0 Å². The van der Waals surface area contributed by atoms with Gasteiger partial charge in [-0.05, 0) is 88.4 Å². The molecule has 0 radical (unpaired) electrons. The zero-order chi connectivity index (χ0) is 36.6. The van der Waals surface area contributed by atoms with E-state index in [0.29, 0.717) is 5.46 Å². The van der Waals surface area contributed by atoms with Crippen LogP contribution in [0.4, 0.5) is 0 Å². The van der Waals surface area contributed by atoms with Gasteiger partial charge < -0.3 is 19.2 Å². The van der Waals surface area contributed by atoms with Crippen molar-refractivity contribution in [2.45, 2.75) is 0 Å². The quantitative estimate of drug-likeness (QED) is 0.172. The van der Waals surface area contributed by atoms with Crippen LogP contribution >= 0.6 is 15.9 Å². The number of aromatic nitrogens is 2. The first kappa shape index (κ1) is 33.6. The van der Waals surface area contributed by atoms with Gasteiger partial charge in [0.1, 0.15) is 0 Å². The Morgan fingerprint density at radius 2 is 0.778 bits per heavy atom. The summed E-state index contributed by atoms with van der Waals surface area (Å²) in [6, 6.07) is 67.0. The van der Waals surface area contributed by atoms with Crippen molar-refractivity contribution in [1.82, 2.24) is 9.13 Å². The fourth-order valence-corrected chi connectivity index (χ4v) is 7.92. The van der Waals surface area contributed by atoms with Crippen molar-refractivity contribution in [2.24, 2.45) is 0 Å². The second-order valence-electron chi connectivity index (χ2n) is 13.3. The lowest BCUT2D eigenvalue weighted by Gasteiger charge is -2.10. The number of hydrogen-bond acceptors (Lipinski definition) is 2. The van der Waals surface area contributed by atoms with Crippen LogP contribution in [0.15, 0.2) is 199 Å². The third kappa shape index (κ3) is 6.20. The lowest BCUT2D eigenvalue weighted by molar-refractivity contribution is 0.426. The van der Waals surface area contributed by atoms with Gasteiger partial charge >= 0.3 is 7.12 Å². The Morgan fingerprint density at radius 3 is 1.30 bits per heavy atom. The van der Waals surface area contributed by atoms with E-state index in [1.54, 1.807) is 6.07 Å². The van der Waals surface area contributed by atoms with Gasteiger partial charge in [0.05, 0.1) is 22.1 Å². The molecular weight excluding hydrogens is 727 g/mol. The minimum absolute atomic E-state index is 0.494. The molecule has 2 heterocycles. The highest BCUT2D eigenvalue weighted by Crippen LogP contribution is 2.35. The molecule has 4 nitrogen and oxygen atoms in total. The zero-order valence-electron chi connectivity index (χ0n) is 29.2. The molecular formula is C48H34BBrN2O2. The topological polar surface area (TPSA) is 50.3 Å². The first-order valence-electron chi connectivity index (χ1n) is 17.9. The lowest BCUT2D eigenvalue weighted by Crippen LogP contribution is -2.29. The van der Waals surface area contributed by atoms with Gasteiger partial charge in [-0.15, -0.1) is 0 Å². The molecule has 0 bridgehead atoms. The Morgan fingerprint density at radius 1 is 0.352 bits per heavy atom. The number of hydrogen-bond donors (Lipinski definition) is 2. The molecule has 0 aliphatic rings. The van der Waals surface area contributed by atoms with Crippen LogP contribution in [0.3, 0.4) is 0 Å². The van der Waals surface area contributed by atoms with E-state index in [-0.39, 0.29) is 0 Å². The van der Waals surface area contributed by atoms with Crippen LogP contribution in [0.2, 0.25) is 0 Å². The van der Waals surface area contributed by atoms with Crippen molar-refractivity contribution in [2.75, 3.05) is 0 Å². The summed E-state index contributed by atoms with van der Waals surface area (Å²) in [5.41, 5.74) is 12.1. The third-order valence-corrected chi connectivity index (χ3v) is 10.5. The van der Waals surface area contributed by atoms with E-state index in [0.717, 1.165) is 37.5 Å². The first-order chi connectivity index (χ1) is 26.5. The molecule has 0 aliphatic heterocycles. The highest BCUT2D eigenvalue weighted by Gasteiger charge is 2.17. The van der Waals surface area contributed by atoms with Gasteiger partial charge in [0.25, 0.3) is 0 Å². The van der Waals surface area contributed by atoms with E-state index < -0.39 is 7.12 Å². The highest BCUT2D eigenvalue weighted by atomic mass is 79.9. The number of rotatable bonds is 5. The van der Waals surface area contributed by atoms with Gasteiger partial charge in [-0.1, -0.05) is 149 Å². The van der Waals surface area contributed by atoms with Crippen LogP contribution < -0.4 is 5.46 Å². The van der Waals surface area contributed by atoms with Crippen molar-refractivity contribution in [1.29, 1.82) is 0 Å². The molecule has 0 unspecified atom stereocenters. The second-order valence-corrected chi connectivity index (χ2v) is 14.3. The molecule has 6 heteroatoms. The lowest BCUT2D eigenvalue weighted by atomic mass is 9.80. The van der Waals surface area contributed by atoms with E-state index in [1.165, 1.54) is 44.2 Å². The van der Waals surface area contributed by atoms with Crippen molar-refractivity contribution in [3.05, 3.63) is 199 Å². The van der Waals surface area contributed by atoms with Crippen molar-refractivity contribution >= 4 is 72.1 Å². The molecule has 10 rings (SSSR count). The molecule has 0 saturated carbocycles. The minimum Gasteiger partial charge on any atom is -0.423 e. The van der Waals surface area contributed by atoms with E-state index >= 15 is 0 Å². The molecule has 8 aromatic carbocycles. The standard InChI is InChI=1S/C24H18BNO2.C24H16BrN/c27-25(28)19-13-14-24-22(16-19)21-11-4-5-12-23(21)26(24)20-10-6-9-18(15-20)17-7-2-1-3-8-17;25-19-13-14-24-22(16-19)21-11-4-5-12-23(21)26(24)20-10-6-9-18(15-20)17-7-2-1-3-8-17/h1-16,27-28H;1-16H. The molecule has 2 N–H and O–H groups in total. The molecule has 0 atom stereocenters. The second kappa shape index (κ2) is 14.3. The molecule has 0 saturated heterocycles. The smallest absolute Gasteiger partial charge is 0.423 e. The number of benzene rings is 8. The molecule has 2 aromatic heterocycles. The Balaban J connectivity index is 0.000000143. The normalized spacial score (nSPS) is 11.2. The summed E-state index contributed by atoms with van der Waals surface area (Å²) < 4.78 is 5.68. The summed E-state index contributed by atoms with van der Waals surface area (Å²) in [6.07, 6.45) is 0. The molecule has 258 valence electrons. The monoisotopic (exact) mass is 760 g/mol. The fourth-order valence-electron chi connectivity index (χ4n) is 7.56. The van der Waals surface area contributed by atoms with Crippen LogP contribution in [0.25, 0.3) is 77.2 Å². The number of halogens is 1. The van der Waals surface area contributed by atoms with Crippen molar-refractivity contribution in [3.63, 3.8) is 0 Å². The van der Waals surface area contributed by atoms with Gasteiger partial charge in [-0.3, -0.25) is 0 Å². The number of fused-ring (bicyclic) bond motifs is 6. The first-order valence-corrected chi connectivity index (χ1v) is 18.7. The number of para-hydroxylation sites is 2. The SMILES string of the molecule is Brc1ccc2c(c1)c1ccccc1n2-c1cccc(-c2ccccc2)c1.OB(O)c1ccc2c(c1)c1ccccc1n2-c1cccc(-c2ccccc2)c1. The summed E-state index contributed by atoms with van der Waals surface area (Å²) in [7, 11) is -1.48. The van der Waals surface area contributed by atoms with E-state index in [1.807, 2.05) is 42.5 Å². The van der Waals surface area contributed by atoms with Crippen LogP contribution in [-0.2, 0) is 0 Å². The zero-order valence-corrected chi connectivity index (χ0v) is 30.8. The Hall–Kier alpha value is -6.18. The van der Waals surface area contributed by atoms with Crippen LogP contribution in [-0.4, -0.2) is 26.3 Å². The van der Waals surface area contributed by atoms with Gasteiger partial charge in [-0.2, -0.15) is 0 Å². The van der Waals surface area contributed by atoms with Gasteiger partial charge in [-0.25, -0.2) is 0 Å². The van der Waals surface area contributed by atoms with Gasteiger partial charge in [0.15, 0.2) is 0 Å². The predicted molar refractivity (Wildman–Crippen MR) is 230 cm³/mol. The predicted octanol–water partition coefficient (Wildman–Crippen LogP) is 11.3. The Labute approximate surface area is 322 Å². The maximum atomic E-state index is 9.59. The Bertz CT molecular complexity index is 2930. The maximum absolute atomic E-state index is 9.59. The van der Waals surface area contributed by atoms with Gasteiger partial charge in [0.2, 0.25) is 0 Å². The summed E-state index contributed by atoms with van der Waals surface area (Å²) in [4.78, 5) is 0. The van der Waals surface area contributed by atoms with Gasteiger partial charge in [0, 0.05) is 37.4 Å². The summed E-state index contributed by atoms with van der Waals surface area (Å²) >= 11 is 3.62.